The standard InChI is InChI=1S/C9H15N3/c1-2-3-7-9-8(4-5-10-7)11-6-12-9/h6-7,10H,2-5H2,1H3,(H,11,12). The van der Waals surface area contributed by atoms with E-state index < -0.39 is 0 Å². The van der Waals surface area contributed by atoms with Crippen molar-refractivity contribution >= 4 is 0 Å². The molecule has 0 radical (unpaired) electrons. The summed E-state index contributed by atoms with van der Waals surface area (Å²) in [5, 5.41) is 3.48. The summed E-state index contributed by atoms with van der Waals surface area (Å²) < 4.78 is 0. The van der Waals surface area contributed by atoms with Gasteiger partial charge in [-0.25, -0.2) is 4.98 Å². The van der Waals surface area contributed by atoms with Crippen molar-refractivity contribution in [2.24, 2.45) is 0 Å². The first-order chi connectivity index (χ1) is 5.92. The average molecular weight is 165 g/mol. The molecule has 0 spiro atoms. The second-order valence-corrected chi connectivity index (χ2v) is 3.31. The third kappa shape index (κ3) is 1.25. The van der Waals surface area contributed by atoms with Gasteiger partial charge in [-0.2, -0.15) is 0 Å². The van der Waals surface area contributed by atoms with Crippen molar-refractivity contribution in [3.63, 3.8) is 0 Å². The van der Waals surface area contributed by atoms with Gasteiger partial charge in [0.1, 0.15) is 0 Å². The van der Waals surface area contributed by atoms with Crippen LogP contribution < -0.4 is 5.32 Å². The van der Waals surface area contributed by atoms with Crippen molar-refractivity contribution in [3.8, 4) is 0 Å². The molecule has 2 rings (SSSR count). The number of aromatic nitrogens is 2. The summed E-state index contributed by atoms with van der Waals surface area (Å²) in [6.07, 6.45) is 5.30. The predicted octanol–water partition coefficient (Wildman–Crippen LogP) is 1.40. The molecule has 1 aliphatic heterocycles. The minimum absolute atomic E-state index is 0.491. The number of rotatable bonds is 2. The van der Waals surface area contributed by atoms with Crippen LogP contribution in [0.4, 0.5) is 0 Å². The Morgan fingerprint density at radius 3 is 3.42 bits per heavy atom. The quantitative estimate of drug-likeness (QED) is 0.695. The van der Waals surface area contributed by atoms with Crippen LogP contribution in [0, 0.1) is 0 Å². The Morgan fingerprint density at radius 1 is 1.67 bits per heavy atom. The zero-order valence-corrected chi connectivity index (χ0v) is 7.43. The summed E-state index contributed by atoms with van der Waals surface area (Å²) in [6.45, 7) is 3.29. The number of fused-ring (bicyclic) bond motifs is 1. The van der Waals surface area contributed by atoms with Gasteiger partial charge in [0.15, 0.2) is 0 Å². The fourth-order valence-electron chi connectivity index (χ4n) is 1.83. The lowest BCUT2D eigenvalue weighted by Crippen LogP contribution is -2.29. The van der Waals surface area contributed by atoms with E-state index in [0.717, 1.165) is 13.0 Å². The van der Waals surface area contributed by atoms with E-state index in [-0.39, 0.29) is 0 Å². The largest absolute Gasteiger partial charge is 0.348 e. The van der Waals surface area contributed by atoms with Crippen LogP contribution in [0.5, 0.6) is 0 Å². The highest BCUT2D eigenvalue weighted by Crippen LogP contribution is 2.22. The van der Waals surface area contributed by atoms with E-state index in [1.807, 2.05) is 0 Å². The van der Waals surface area contributed by atoms with Crippen molar-refractivity contribution in [2.75, 3.05) is 6.54 Å². The van der Waals surface area contributed by atoms with Gasteiger partial charge in [-0.1, -0.05) is 13.3 Å². The molecular weight excluding hydrogens is 150 g/mol. The van der Waals surface area contributed by atoms with Crippen LogP contribution in [-0.4, -0.2) is 16.5 Å². The fourth-order valence-corrected chi connectivity index (χ4v) is 1.83. The molecule has 0 saturated carbocycles. The van der Waals surface area contributed by atoms with E-state index in [2.05, 4.69) is 22.2 Å². The summed E-state index contributed by atoms with van der Waals surface area (Å²) in [5.74, 6) is 0. The molecule has 0 amide bonds. The lowest BCUT2D eigenvalue weighted by Gasteiger charge is -2.22. The fraction of sp³-hybridized carbons (Fsp3) is 0.667. The second-order valence-electron chi connectivity index (χ2n) is 3.31. The number of nitrogens with zero attached hydrogens (tertiary/aromatic N) is 1. The molecule has 2 N–H and O–H groups in total. The zero-order chi connectivity index (χ0) is 8.39. The molecule has 1 aromatic rings. The Bertz CT molecular complexity index is 254. The molecule has 66 valence electrons. The van der Waals surface area contributed by atoms with Crippen LogP contribution in [0.1, 0.15) is 37.2 Å². The Kier molecular flexibility index (Phi) is 2.13. The number of hydrogen-bond donors (Lipinski definition) is 2. The first-order valence-electron chi connectivity index (χ1n) is 4.67. The Labute approximate surface area is 72.6 Å². The van der Waals surface area contributed by atoms with Crippen LogP contribution in [-0.2, 0) is 6.42 Å². The van der Waals surface area contributed by atoms with E-state index in [1.165, 1.54) is 24.2 Å². The molecule has 1 aliphatic rings. The maximum atomic E-state index is 4.34. The van der Waals surface area contributed by atoms with Crippen LogP contribution in [0.15, 0.2) is 6.33 Å². The van der Waals surface area contributed by atoms with E-state index in [1.54, 1.807) is 6.33 Å². The Balaban J connectivity index is 2.19. The van der Waals surface area contributed by atoms with E-state index in [9.17, 15) is 0 Å². The smallest absolute Gasteiger partial charge is 0.0925 e. The molecule has 1 atom stereocenters. The van der Waals surface area contributed by atoms with Crippen LogP contribution in [0.2, 0.25) is 0 Å². The third-order valence-electron chi connectivity index (χ3n) is 2.42. The number of imidazole rings is 1. The van der Waals surface area contributed by atoms with Crippen LogP contribution >= 0.6 is 0 Å². The summed E-state index contributed by atoms with van der Waals surface area (Å²) in [4.78, 5) is 7.53. The van der Waals surface area contributed by atoms with Crippen molar-refractivity contribution < 1.29 is 0 Å². The van der Waals surface area contributed by atoms with Gasteiger partial charge in [0.05, 0.1) is 18.1 Å². The summed E-state index contributed by atoms with van der Waals surface area (Å²) in [6, 6.07) is 0.491. The van der Waals surface area contributed by atoms with Gasteiger partial charge in [-0.15, -0.1) is 0 Å². The van der Waals surface area contributed by atoms with E-state index in [0.29, 0.717) is 6.04 Å². The van der Waals surface area contributed by atoms with Crippen LogP contribution in [0.25, 0.3) is 0 Å². The van der Waals surface area contributed by atoms with Gasteiger partial charge in [0, 0.05) is 18.7 Å². The van der Waals surface area contributed by atoms with Gasteiger partial charge in [0.25, 0.3) is 0 Å². The molecule has 0 saturated heterocycles. The highest BCUT2D eigenvalue weighted by Gasteiger charge is 2.20. The molecule has 0 aliphatic carbocycles. The number of H-pyrrole nitrogens is 1. The summed E-state index contributed by atoms with van der Waals surface area (Å²) in [5.41, 5.74) is 2.57. The predicted molar refractivity (Wildman–Crippen MR) is 47.9 cm³/mol. The molecule has 0 aromatic carbocycles. The highest BCUT2D eigenvalue weighted by molar-refractivity contribution is 5.18. The summed E-state index contributed by atoms with van der Waals surface area (Å²) in [7, 11) is 0. The van der Waals surface area contributed by atoms with Crippen molar-refractivity contribution in [2.45, 2.75) is 32.2 Å². The molecule has 0 bridgehead atoms. The maximum Gasteiger partial charge on any atom is 0.0925 e. The van der Waals surface area contributed by atoms with Gasteiger partial charge in [0.2, 0.25) is 0 Å². The lowest BCUT2D eigenvalue weighted by atomic mass is 10.0. The third-order valence-corrected chi connectivity index (χ3v) is 2.42. The summed E-state index contributed by atoms with van der Waals surface area (Å²) >= 11 is 0. The SMILES string of the molecule is CCCC1NCCc2[nH]cnc21. The zero-order valence-electron chi connectivity index (χ0n) is 7.43. The normalized spacial score (nSPS) is 22.2. The Hall–Kier alpha value is -0.830. The highest BCUT2D eigenvalue weighted by atomic mass is 15.0. The van der Waals surface area contributed by atoms with Crippen LogP contribution in [0.3, 0.4) is 0 Å². The first kappa shape index (κ1) is 7.80. The van der Waals surface area contributed by atoms with E-state index in [4.69, 9.17) is 0 Å². The van der Waals surface area contributed by atoms with Gasteiger partial charge >= 0.3 is 0 Å². The molecule has 3 nitrogen and oxygen atoms in total. The van der Waals surface area contributed by atoms with E-state index >= 15 is 0 Å². The molecule has 1 unspecified atom stereocenters. The molecule has 0 fully saturated rings. The lowest BCUT2D eigenvalue weighted by molar-refractivity contribution is 0.460. The molecule has 2 heterocycles. The van der Waals surface area contributed by atoms with Gasteiger partial charge < -0.3 is 10.3 Å². The number of hydrogen-bond acceptors (Lipinski definition) is 2. The minimum atomic E-state index is 0.491. The molecular formula is C9H15N3. The van der Waals surface area contributed by atoms with Crippen molar-refractivity contribution in [3.05, 3.63) is 17.7 Å². The topological polar surface area (TPSA) is 40.7 Å². The van der Waals surface area contributed by atoms with Crippen molar-refractivity contribution in [1.82, 2.24) is 15.3 Å². The van der Waals surface area contributed by atoms with Crippen molar-refractivity contribution in [1.29, 1.82) is 0 Å². The van der Waals surface area contributed by atoms with Gasteiger partial charge in [-0.05, 0) is 6.42 Å². The number of aromatic amines is 1. The first-order valence-corrected chi connectivity index (χ1v) is 4.67. The average Bonchev–Trinajstić information content (AvgIpc) is 2.53. The molecule has 12 heavy (non-hydrogen) atoms. The number of nitrogens with one attached hydrogen (secondary N) is 2. The van der Waals surface area contributed by atoms with Gasteiger partial charge in [-0.3, -0.25) is 0 Å². The second kappa shape index (κ2) is 3.27. The molecule has 3 heteroatoms. The molecule has 1 aromatic heterocycles. The Morgan fingerprint density at radius 2 is 2.58 bits per heavy atom. The maximum absolute atomic E-state index is 4.34. The monoisotopic (exact) mass is 165 g/mol. The minimum Gasteiger partial charge on any atom is -0.348 e.